The Morgan fingerprint density at radius 1 is 1.37 bits per heavy atom. The summed E-state index contributed by atoms with van der Waals surface area (Å²) in [6, 6.07) is 7.13. The summed E-state index contributed by atoms with van der Waals surface area (Å²) in [4.78, 5) is 6.10. The van der Waals surface area contributed by atoms with Gasteiger partial charge in [0.15, 0.2) is 0 Å². The standard InChI is InChI=1S/C15H17BrN2S/c1-9-7-11(16)3-6-13(9)15-18-10(2)14(19-15)8-17-12-4-5-12/h3,6-7,12,17H,4-5,8H2,1-2H3. The summed E-state index contributed by atoms with van der Waals surface area (Å²) in [5, 5.41) is 4.70. The molecule has 0 saturated heterocycles. The molecule has 0 radical (unpaired) electrons. The van der Waals surface area contributed by atoms with Crippen molar-refractivity contribution in [2.75, 3.05) is 0 Å². The molecule has 0 aliphatic heterocycles. The predicted octanol–water partition coefficient (Wildman–Crippen LogP) is 4.44. The smallest absolute Gasteiger partial charge is 0.124 e. The van der Waals surface area contributed by atoms with Gasteiger partial charge in [0.1, 0.15) is 5.01 Å². The summed E-state index contributed by atoms with van der Waals surface area (Å²) in [5.74, 6) is 0. The number of hydrogen-bond acceptors (Lipinski definition) is 3. The first-order valence-corrected chi connectivity index (χ1v) is 8.20. The van der Waals surface area contributed by atoms with E-state index in [-0.39, 0.29) is 0 Å². The Balaban J connectivity index is 1.85. The van der Waals surface area contributed by atoms with Gasteiger partial charge < -0.3 is 5.32 Å². The fourth-order valence-electron chi connectivity index (χ4n) is 2.10. The normalized spacial score (nSPS) is 14.9. The van der Waals surface area contributed by atoms with Crippen molar-refractivity contribution in [3.8, 4) is 10.6 Å². The van der Waals surface area contributed by atoms with Crippen LogP contribution in [0.15, 0.2) is 22.7 Å². The topological polar surface area (TPSA) is 24.9 Å². The summed E-state index contributed by atoms with van der Waals surface area (Å²) >= 11 is 5.32. The summed E-state index contributed by atoms with van der Waals surface area (Å²) < 4.78 is 1.12. The largest absolute Gasteiger partial charge is 0.309 e. The first kappa shape index (κ1) is 13.3. The molecule has 1 aliphatic carbocycles. The van der Waals surface area contributed by atoms with Crippen LogP contribution in [0.4, 0.5) is 0 Å². The van der Waals surface area contributed by atoms with Gasteiger partial charge in [-0.25, -0.2) is 4.98 Å². The highest BCUT2D eigenvalue weighted by molar-refractivity contribution is 9.10. The highest BCUT2D eigenvalue weighted by Gasteiger charge is 2.21. The number of rotatable bonds is 4. The molecule has 4 heteroatoms. The van der Waals surface area contributed by atoms with Gasteiger partial charge in [-0.05, 0) is 44.4 Å². The predicted molar refractivity (Wildman–Crippen MR) is 84.6 cm³/mol. The van der Waals surface area contributed by atoms with Crippen LogP contribution in [0.3, 0.4) is 0 Å². The molecule has 1 aromatic carbocycles. The van der Waals surface area contributed by atoms with Crippen LogP contribution in [-0.2, 0) is 6.54 Å². The van der Waals surface area contributed by atoms with Gasteiger partial charge in [-0.2, -0.15) is 0 Å². The number of thiazole rings is 1. The molecule has 0 spiro atoms. The maximum absolute atomic E-state index is 4.73. The van der Waals surface area contributed by atoms with Gasteiger partial charge in [-0.3, -0.25) is 0 Å². The van der Waals surface area contributed by atoms with Crippen LogP contribution >= 0.6 is 27.3 Å². The Labute approximate surface area is 126 Å². The van der Waals surface area contributed by atoms with E-state index in [0.29, 0.717) is 0 Å². The van der Waals surface area contributed by atoms with Crippen molar-refractivity contribution < 1.29 is 0 Å². The Hall–Kier alpha value is -0.710. The third-order valence-corrected chi connectivity index (χ3v) is 5.12. The second kappa shape index (κ2) is 5.35. The molecular formula is C15H17BrN2S. The molecule has 0 amide bonds. The second-order valence-corrected chi connectivity index (χ2v) is 7.14. The molecule has 3 rings (SSSR count). The molecule has 1 saturated carbocycles. The zero-order chi connectivity index (χ0) is 13.4. The van der Waals surface area contributed by atoms with E-state index < -0.39 is 0 Å². The van der Waals surface area contributed by atoms with Crippen molar-refractivity contribution in [1.29, 1.82) is 0 Å². The number of halogens is 1. The lowest BCUT2D eigenvalue weighted by atomic mass is 10.1. The monoisotopic (exact) mass is 336 g/mol. The van der Waals surface area contributed by atoms with E-state index in [1.807, 2.05) is 11.3 Å². The van der Waals surface area contributed by atoms with Gasteiger partial charge >= 0.3 is 0 Å². The summed E-state index contributed by atoms with van der Waals surface area (Å²) in [5.41, 5.74) is 3.68. The van der Waals surface area contributed by atoms with Crippen LogP contribution < -0.4 is 5.32 Å². The molecule has 2 aromatic rings. The molecular weight excluding hydrogens is 320 g/mol. The van der Waals surface area contributed by atoms with Crippen LogP contribution in [0.1, 0.15) is 29.0 Å². The molecule has 0 atom stereocenters. The summed E-state index contributed by atoms with van der Waals surface area (Å²) in [6.07, 6.45) is 2.66. The number of aryl methyl sites for hydroxylation is 2. The molecule has 1 fully saturated rings. The minimum atomic E-state index is 0.749. The number of nitrogens with zero attached hydrogens (tertiary/aromatic N) is 1. The van der Waals surface area contributed by atoms with Crippen LogP contribution in [0.5, 0.6) is 0 Å². The Morgan fingerprint density at radius 3 is 2.84 bits per heavy atom. The summed E-state index contributed by atoms with van der Waals surface area (Å²) in [6.45, 7) is 5.21. The third-order valence-electron chi connectivity index (χ3n) is 3.44. The van der Waals surface area contributed by atoms with Crippen molar-refractivity contribution in [3.63, 3.8) is 0 Å². The van der Waals surface area contributed by atoms with Gasteiger partial charge in [0, 0.05) is 27.5 Å². The molecule has 19 heavy (non-hydrogen) atoms. The lowest BCUT2D eigenvalue weighted by molar-refractivity contribution is 0.691. The third kappa shape index (κ3) is 3.07. The molecule has 100 valence electrons. The maximum Gasteiger partial charge on any atom is 0.124 e. The van der Waals surface area contributed by atoms with E-state index >= 15 is 0 Å². The van der Waals surface area contributed by atoms with Crippen molar-refractivity contribution in [1.82, 2.24) is 10.3 Å². The van der Waals surface area contributed by atoms with Crippen LogP contribution in [0, 0.1) is 13.8 Å². The average molecular weight is 337 g/mol. The van der Waals surface area contributed by atoms with E-state index in [4.69, 9.17) is 4.98 Å². The number of benzene rings is 1. The highest BCUT2D eigenvalue weighted by atomic mass is 79.9. The van der Waals surface area contributed by atoms with Gasteiger partial charge in [-0.15, -0.1) is 11.3 Å². The first-order valence-electron chi connectivity index (χ1n) is 6.59. The highest BCUT2D eigenvalue weighted by Crippen LogP contribution is 2.32. The van der Waals surface area contributed by atoms with Gasteiger partial charge in [0.2, 0.25) is 0 Å². The van der Waals surface area contributed by atoms with Crippen LogP contribution in [0.2, 0.25) is 0 Å². The molecule has 1 aromatic heterocycles. The molecule has 1 N–H and O–H groups in total. The van der Waals surface area contributed by atoms with Crippen molar-refractivity contribution in [2.45, 2.75) is 39.3 Å². The maximum atomic E-state index is 4.73. The molecule has 1 aliphatic rings. The van der Waals surface area contributed by atoms with Crippen LogP contribution in [0.25, 0.3) is 10.6 Å². The Kier molecular flexibility index (Phi) is 3.74. The van der Waals surface area contributed by atoms with E-state index in [0.717, 1.165) is 27.8 Å². The fourth-order valence-corrected chi connectivity index (χ4v) is 3.68. The Morgan fingerprint density at radius 2 is 2.16 bits per heavy atom. The minimum Gasteiger partial charge on any atom is -0.309 e. The number of aromatic nitrogens is 1. The second-order valence-electron chi connectivity index (χ2n) is 5.14. The zero-order valence-electron chi connectivity index (χ0n) is 11.2. The van der Waals surface area contributed by atoms with Crippen molar-refractivity contribution >= 4 is 27.3 Å². The van der Waals surface area contributed by atoms with E-state index in [1.54, 1.807) is 0 Å². The number of nitrogens with one attached hydrogen (secondary N) is 1. The SMILES string of the molecule is Cc1cc(Br)ccc1-c1nc(C)c(CNC2CC2)s1. The number of hydrogen-bond donors (Lipinski definition) is 1. The lowest BCUT2D eigenvalue weighted by Crippen LogP contribution is -2.14. The van der Waals surface area contributed by atoms with Crippen molar-refractivity contribution in [2.24, 2.45) is 0 Å². The molecule has 2 nitrogen and oxygen atoms in total. The van der Waals surface area contributed by atoms with E-state index in [9.17, 15) is 0 Å². The quantitative estimate of drug-likeness (QED) is 0.892. The Bertz CT molecular complexity index is 602. The van der Waals surface area contributed by atoms with E-state index in [1.165, 1.54) is 28.8 Å². The summed E-state index contributed by atoms with van der Waals surface area (Å²) in [7, 11) is 0. The molecule has 0 bridgehead atoms. The van der Waals surface area contributed by atoms with Gasteiger partial charge in [0.25, 0.3) is 0 Å². The zero-order valence-corrected chi connectivity index (χ0v) is 13.6. The lowest BCUT2D eigenvalue weighted by Gasteiger charge is -2.02. The molecule has 1 heterocycles. The van der Waals surface area contributed by atoms with Crippen molar-refractivity contribution in [3.05, 3.63) is 38.8 Å². The molecule has 0 unspecified atom stereocenters. The van der Waals surface area contributed by atoms with Gasteiger partial charge in [-0.1, -0.05) is 22.0 Å². The minimum absolute atomic E-state index is 0.749. The van der Waals surface area contributed by atoms with Gasteiger partial charge in [0.05, 0.1) is 5.69 Å². The first-order chi connectivity index (χ1) is 9.13. The van der Waals surface area contributed by atoms with Crippen LogP contribution in [-0.4, -0.2) is 11.0 Å². The fraction of sp³-hybridized carbons (Fsp3) is 0.400. The average Bonchev–Trinajstić information content (AvgIpc) is 3.11. The van der Waals surface area contributed by atoms with E-state index in [2.05, 4.69) is 53.3 Å².